The molecule has 0 aliphatic carbocycles. The number of hydrogen-bond acceptors (Lipinski definition) is 5. The van der Waals surface area contributed by atoms with Crippen LogP contribution in [0.1, 0.15) is 30.9 Å². The third kappa shape index (κ3) is 8.65. The SMILES string of the molecule is CCC[C@H](NC(=O)OCc1ccccc1)[C@H](NC(=O)NCCc1ccccc1)C(=O)NO. The summed E-state index contributed by atoms with van der Waals surface area (Å²) in [5.74, 6) is -0.843. The summed E-state index contributed by atoms with van der Waals surface area (Å²) < 4.78 is 5.21. The standard InChI is InChI=1S/C23H30N4O5/c1-2-9-19(25-23(30)32-16-18-12-7-4-8-13-18)20(21(28)27-31)26-22(29)24-15-14-17-10-5-3-6-11-17/h3-8,10-13,19-20,31H,2,9,14-16H2,1H3,(H,25,30)(H,27,28)(H2,24,26,29)/t19-,20-/m0/s1. The molecule has 0 fully saturated rings. The van der Waals surface area contributed by atoms with Crippen LogP contribution in [0, 0.1) is 0 Å². The monoisotopic (exact) mass is 442 g/mol. The number of ether oxygens (including phenoxy) is 1. The Bertz CT molecular complexity index is 848. The zero-order valence-electron chi connectivity index (χ0n) is 18.0. The maximum Gasteiger partial charge on any atom is 0.407 e. The van der Waals surface area contributed by atoms with Crippen LogP contribution in [0.4, 0.5) is 9.59 Å². The molecule has 2 aromatic rings. The van der Waals surface area contributed by atoms with Crippen LogP contribution in [0.25, 0.3) is 0 Å². The number of rotatable bonds is 11. The van der Waals surface area contributed by atoms with Crippen LogP contribution in [0.3, 0.4) is 0 Å². The number of amides is 4. The molecule has 5 N–H and O–H groups in total. The van der Waals surface area contributed by atoms with E-state index in [4.69, 9.17) is 9.94 Å². The highest BCUT2D eigenvalue weighted by atomic mass is 16.5. The number of carbonyl (C=O) groups is 3. The van der Waals surface area contributed by atoms with E-state index in [-0.39, 0.29) is 6.61 Å². The van der Waals surface area contributed by atoms with E-state index in [1.54, 1.807) is 5.48 Å². The molecule has 0 aliphatic heterocycles. The van der Waals surface area contributed by atoms with Crippen LogP contribution in [0.15, 0.2) is 60.7 Å². The highest BCUT2D eigenvalue weighted by Crippen LogP contribution is 2.06. The van der Waals surface area contributed by atoms with Gasteiger partial charge in [0.15, 0.2) is 0 Å². The van der Waals surface area contributed by atoms with Gasteiger partial charge in [-0.3, -0.25) is 10.0 Å². The third-order valence-electron chi connectivity index (χ3n) is 4.74. The van der Waals surface area contributed by atoms with E-state index < -0.39 is 30.1 Å². The van der Waals surface area contributed by atoms with Crippen LogP contribution >= 0.6 is 0 Å². The molecular formula is C23H30N4O5. The van der Waals surface area contributed by atoms with Crippen LogP contribution in [-0.2, 0) is 22.6 Å². The number of hydrogen-bond donors (Lipinski definition) is 5. The van der Waals surface area contributed by atoms with Gasteiger partial charge >= 0.3 is 12.1 Å². The Hall–Kier alpha value is -3.59. The summed E-state index contributed by atoms with van der Waals surface area (Å²) in [6.45, 7) is 2.29. The van der Waals surface area contributed by atoms with Gasteiger partial charge in [-0.05, 0) is 24.0 Å². The molecule has 2 rings (SSSR count). The molecule has 172 valence electrons. The lowest BCUT2D eigenvalue weighted by molar-refractivity contribution is -0.131. The van der Waals surface area contributed by atoms with Crippen molar-refractivity contribution < 1.29 is 24.3 Å². The van der Waals surface area contributed by atoms with Gasteiger partial charge in [-0.2, -0.15) is 0 Å². The van der Waals surface area contributed by atoms with Crippen LogP contribution in [0.2, 0.25) is 0 Å². The summed E-state index contributed by atoms with van der Waals surface area (Å²) in [7, 11) is 0. The first-order valence-electron chi connectivity index (χ1n) is 10.5. The number of hydroxylamine groups is 1. The van der Waals surface area contributed by atoms with E-state index in [9.17, 15) is 14.4 Å². The van der Waals surface area contributed by atoms with Crippen molar-refractivity contribution >= 4 is 18.0 Å². The Morgan fingerprint density at radius 1 is 0.938 bits per heavy atom. The lowest BCUT2D eigenvalue weighted by Crippen LogP contribution is -2.60. The van der Waals surface area contributed by atoms with Gasteiger partial charge in [0.2, 0.25) is 0 Å². The van der Waals surface area contributed by atoms with Crippen LogP contribution < -0.4 is 21.4 Å². The number of carbonyl (C=O) groups excluding carboxylic acids is 3. The Morgan fingerprint density at radius 3 is 2.16 bits per heavy atom. The van der Waals surface area contributed by atoms with E-state index in [1.165, 1.54) is 0 Å². The molecule has 2 atom stereocenters. The molecule has 0 aromatic heterocycles. The predicted octanol–water partition coefficient (Wildman–Crippen LogP) is 2.50. The topological polar surface area (TPSA) is 129 Å². The van der Waals surface area contributed by atoms with Crippen molar-refractivity contribution in [2.45, 2.75) is 44.9 Å². The Labute approximate surface area is 187 Å². The summed E-state index contributed by atoms with van der Waals surface area (Å²) >= 11 is 0. The van der Waals surface area contributed by atoms with Crippen molar-refractivity contribution in [3.8, 4) is 0 Å². The smallest absolute Gasteiger partial charge is 0.407 e. The molecule has 0 aliphatic rings. The van der Waals surface area contributed by atoms with Crippen molar-refractivity contribution in [2.75, 3.05) is 6.54 Å². The van der Waals surface area contributed by atoms with Gasteiger partial charge in [-0.1, -0.05) is 74.0 Å². The lowest BCUT2D eigenvalue weighted by atomic mass is 10.0. The second-order valence-electron chi connectivity index (χ2n) is 7.19. The molecule has 9 heteroatoms. The molecule has 32 heavy (non-hydrogen) atoms. The van der Waals surface area contributed by atoms with E-state index in [0.29, 0.717) is 25.8 Å². The highest BCUT2D eigenvalue weighted by molar-refractivity contribution is 5.87. The minimum absolute atomic E-state index is 0.0653. The minimum Gasteiger partial charge on any atom is -0.445 e. The molecule has 9 nitrogen and oxygen atoms in total. The molecule has 0 spiro atoms. The molecule has 0 heterocycles. The first-order valence-corrected chi connectivity index (χ1v) is 10.5. The third-order valence-corrected chi connectivity index (χ3v) is 4.74. The normalized spacial score (nSPS) is 12.2. The summed E-state index contributed by atoms with van der Waals surface area (Å²) in [5, 5.41) is 17.0. The van der Waals surface area contributed by atoms with E-state index in [2.05, 4.69) is 16.0 Å². The van der Waals surface area contributed by atoms with Crippen molar-refractivity contribution in [3.63, 3.8) is 0 Å². The first kappa shape index (κ1) is 24.7. The number of benzene rings is 2. The fourth-order valence-corrected chi connectivity index (χ4v) is 3.13. The zero-order chi connectivity index (χ0) is 23.2. The molecule has 0 saturated heterocycles. The quantitative estimate of drug-likeness (QED) is 0.270. The lowest BCUT2D eigenvalue weighted by Gasteiger charge is -2.27. The summed E-state index contributed by atoms with van der Waals surface area (Å²) in [6.07, 6.45) is 0.890. The number of urea groups is 1. The number of nitrogens with one attached hydrogen (secondary N) is 4. The summed E-state index contributed by atoms with van der Waals surface area (Å²) in [4.78, 5) is 36.8. The molecular weight excluding hydrogens is 412 g/mol. The van der Waals surface area contributed by atoms with Crippen molar-refractivity contribution in [1.82, 2.24) is 21.4 Å². The maximum atomic E-state index is 12.3. The van der Waals surface area contributed by atoms with Crippen LogP contribution in [-0.4, -0.2) is 41.9 Å². The maximum absolute atomic E-state index is 12.3. The number of alkyl carbamates (subject to hydrolysis) is 1. The molecule has 0 bridgehead atoms. The second-order valence-corrected chi connectivity index (χ2v) is 7.19. The minimum atomic E-state index is -1.19. The fraction of sp³-hybridized carbons (Fsp3) is 0.348. The molecule has 0 saturated carbocycles. The van der Waals surface area contributed by atoms with Gasteiger partial charge in [0.05, 0.1) is 6.04 Å². The molecule has 2 aromatic carbocycles. The Balaban J connectivity index is 1.92. The summed E-state index contributed by atoms with van der Waals surface area (Å²) in [5.41, 5.74) is 3.42. The van der Waals surface area contributed by atoms with E-state index in [1.807, 2.05) is 67.6 Å². The van der Waals surface area contributed by atoms with Gasteiger partial charge < -0.3 is 20.7 Å². The largest absolute Gasteiger partial charge is 0.445 e. The van der Waals surface area contributed by atoms with Gasteiger partial charge in [-0.15, -0.1) is 0 Å². The van der Waals surface area contributed by atoms with Gasteiger partial charge in [0, 0.05) is 6.54 Å². The van der Waals surface area contributed by atoms with E-state index in [0.717, 1.165) is 11.1 Å². The van der Waals surface area contributed by atoms with Gasteiger partial charge in [0.1, 0.15) is 12.6 Å². The van der Waals surface area contributed by atoms with Crippen molar-refractivity contribution in [2.24, 2.45) is 0 Å². The summed E-state index contributed by atoms with van der Waals surface area (Å²) in [6, 6.07) is 16.2. The predicted molar refractivity (Wildman–Crippen MR) is 119 cm³/mol. The molecule has 4 amide bonds. The second kappa shape index (κ2) is 13.7. The first-order chi connectivity index (χ1) is 15.5. The van der Waals surface area contributed by atoms with Crippen molar-refractivity contribution in [1.29, 1.82) is 0 Å². The van der Waals surface area contributed by atoms with Gasteiger partial charge in [-0.25, -0.2) is 15.1 Å². The average molecular weight is 443 g/mol. The fourth-order valence-electron chi connectivity index (χ4n) is 3.13. The molecule has 0 radical (unpaired) electrons. The average Bonchev–Trinajstić information content (AvgIpc) is 2.82. The zero-order valence-corrected chi connectivity index (χ0v) is 18.0. The Morgan fingerprint density at radius 2 is 1.56 bits per heavy atom. The Kier molecular flexibility index (Phi) is 10.5. The molecule has 0 unspecified atom stereocenters. The van der Waals surface area contributed by atoms with Crippen LogP contribution in [0.5, 0.6) is 0 Å². The van der Waals surface area contributed by atoms with Crippen molar-refractivity contribution in [3.05, 3.63) is 71.8 Å². The highest BCUT2D eigenvalue weighted by Gasteiger charge is 2.31. The van der Waals surface area contributed by atoms with E-state index >= 15 is 0 Å². The van der Waals surface area contributed by atoms with Gasteiger partial charge in [0.25, 0.3) is 5.91 Å².